The number of quaternary nitrogens is 1. The molecule has 3 rings (SSSR count). The smallest absolute Gasteiger partial charge is 0.324 e. The highest BCUT2D eigenvalue weighted by molar-refractivity contribution is 8.00. The molecule has 0 saturated carbocycles. The summed E-state index contributed by atoms with van der Waals surface area (Å²) in [5, 5.41) is 4.70. The van der Waals surface area contributed by atoms with E-state index in [1.54, 1.807) is 18.9 Å². The van der Waals surface area contributed by atoms with Gasteiger partial charge in [-0.3, -0.25) is 9.36 Å². The van der Waals surface area contributed by atoms with Gasteiger partial charge in [0.2, 0.25) is 4.77 Å². The maximum Gasteiger partial charge on any atom is 0.324 e. The fourth-order valence-electron chi connectivity index (χ4n) is 3.33. The van der Waals surface area contributed by atoms with Crippen molar-refractivity contribution in [1.29, 1.82) is 0 Å². The Bertz CT molecular complexity index is 876. The Morgan fingerprint density at radius 1 is 1.36 bits per heavy atom. The van der Waals surface area contributed by atoms with Crippen molar-refractivity contribution in [3.05, 3.63) is 29.0 Å². The second kappa shape index (κ2) is 9.11. The van der Waals surface area contributed by atoms with E-state index in [1.165, 1.54) is 12.0 Å². The minimum atomic E-state index is -0.155. The molecule has 28 heavy (non-hydrogen) atoms. The van der Waals surface area contributed by atoms with E-state index < -0.39 is 0 Å². The van der Waals surface area contributed by atoms with Gasteiger partial charge in [0.25, 0.3) is 0 Å². The van der Waals surface area contributed by atoms with Crippen LogP contribution in [-0.4, -0.2) is 58.6 Å². The summed E-state index contributed by atoms with van der Waals surface area (Å²) in [6.07, 6.45) is 0. The number of hydrogen-bond acceptors (Lipinski definition) is 6. The van der Waals surface area contributed by atoms with Gasteiger partial charge in [0.15, 0.2) is 17.7 Å². The molecule has 1 aliphatic rings. The van der Waals surface area contributed by atoms with Gasteiger partial charge >= 0.3 is 5.97 Å². The Morgan fingerprint density at radius 3 is 2.68 bits per heavy atom. The number of carbonyl (C=O) groups is 1. The third kappa shape index (κ3) is 4.42. The van der Waals surface area contributed by atoms with Crippen LogP contribution in [0.1, 0.15) is 19.9 Å². The SMILES string of the molecule is COC(=O)[C@@H]1C[NH+](Cn2nc(-c3ccc(OC)cc3)n(C(C)C)c2=S)CCS1. The van der Waals surface area contributed by atoms with Gasteiger partial charge in [0, 0.05) is 17.4 Å². The first-order chi connectivity index (χ1) is 13.4. The summed E-state index contributed by atoms with van der Waals surface area (Å²) >= 11 is 7.40. The summed E-state index contributed by atoms with van der Waals surface area (Å²) in [6, 6.07) is 8.04. The molecule has 152 valence electrons. The predicted octanol–water partition coefficient (Wildman–Crippen LogP) is 1.80. The van der Waals surface area contributed by atoms with Crippen LogP contribution in [-0.2, 0) is 16.2 Å². The van der Waals surface area contributed by atoms with Crippen molar-refractivity contribution >= 4 is 29.9 Å². The van der Waals surface area contributed by atoms with Crippen LogP contribution in [0, 0.1) is 4.77 Å². The summed E-state index contributed by atoms with van der Waals surface area (Å²) < 4.78 is 14.8. The first-order valence-corrected chi connectivity index (χ1v) is 10.8. The second-order valence-electron chi connectivity index (χ2n) is 7.04. The van der Waals surface area contributed by atoms with Crippen molar-refractivity contribution < 1.29 is 19.2 Å². The van der Waals surface area contributed by atoms with Crippen LogP contribution < -0.4 is 9.64 Å². The van der Waals surface area contributed by atoms with Crippen LogP contribution in [0.2, 0.25) is 0 Å². The van der Waals surface area contributed by atoms with Crippen LogP contribution in [0.4, 0.5) is 0 Å². The van der Waals surface area contributed by atoms with E-state index >= 15 is 0 Å². The lowest BCUT2D eigenvalue weighted by Gasteiger charge is -2.27. The molecule has 2 heterocycles. The molecule has 1 N–H and O–H groups in total. The molecule has 9 heteroatoms. The number of rotatable bonds is 6. The average molecular weight is 424 g/mol. The largest absolute Gasteiger partial charge is 0.497 e. The fraction of sp³-hybridized carbons (Fsp3) is 0.526. The molecule has 1 aromatic heterocycles. The minimum Gasteiger partial charge on any atom is -0.497 e. The van der Waals surface area contributed by atoms with Crippen LogP contribution in [0.15, 0.2) is 24.3 Å². The highest BCUT2D eigenvalue weighted by Gasteiger charge is 2.31. The third-order valence-electron chi connectivity index (χ3n) is 4.82. The number of aromatic nitrogens is 3. The Kier molecular flexibility index (Phi) is 6.79. The predicted molar refractivity (Wildman–Crippen MR) is 112 cm³/mol. The van der Waals surface area contributed by atoms with Crippen molar-refractivity contribution in [1.82, 2.24) is 14.3 Å². The van der Waals surface area contributed by atoms with Gasteiger partial charge in [-0.25, -0.2) is 0 Å². The zero-order valence-corrected chi connectivity index (χ0v) is 18.3. The van der Waals surface area contributed by atoms with Crippen LogP contribution in [0.3, 0.4) is 0 Å². The number of methoxy groups -OCH3 is 2. The van der Waals surface area contributed by atoms with Crippen molar-refractivity contribution in [2.24, 2.45) is 0 Å². The number of nitrogens with one attached hydrogen (secondary N) is 1. The summed E-state index contributed by atoms with van der Waals surface area (Å²) in [5.41, 5.74) is 0.996. The van der Waals surface area contributed by atoms with E-state index in [2.05, 4.69) is 18.4 Å². The first kappa shape index (κ1) is 20.9. The van der Waals surface area contributed by atoms with Crippen LogP contribution in [0.5, 0.6) is 5.75 Å². The molecular formula is C19H27N4O3S2+. The second-order valence-corrected chi connectivity index (χ2v) is 8.72. The van der Waals surface area contributed by atoms with Gasteiger partial charge in [-0.1, -0.05) is 0 Å². The molecule has 0 aliphatic carbocycles. The first-order valence-electron chi connectivity index (χ1n) is 9.31. The average Bonchev–Trinajstić information content (AvgIpc) is 3.04. The molecule has 0 amide bonds. The van der Waals surface area contributed by atoms with E-state index in [9.17, 15) is 4.79 Å². The molecule has 1 unspecified atom stereocenters. The molecule has 1 aromatic carbocycles. The Labute approximate surface area is 174 Å². The lowest BCUT2D eigenvalue weighted by molar-refractivity contribution is -0.921. The zero-order chi connectivity index (χ0) is 20.3. The van der Waals surface area contributed by atoms with Gasteiger partial charge in [0.05, 0.1) is 20.8 Å². The topological polar surface area (TPSA) is 62.7 Å². The Morgan fingerprint density at radius 2 is 2.07 bits per heavy atom. The van der Waals surface area contributed by atoms with E-state index in [0.717, 1.165) is 29.4 Å². The van der Waals surface area contributed by atoms with Gasteiger partial charge < -0.3 is 14.4 Å². The molecule has 0 radical (unpaired) electrons. The summed E-state index contributed by atoms with van der Waals surface area (Å²) in [5.74, 6) is 2.41. The lowest BCUT2D eigenvalue weighted by Crippen LogP contribution is -3.14. The van der Waals surface area contributed by atoms with Gasteiger partial charge in [-0.15, -0.1) is 16.9 Å². The van der Waals surface area contributed by atoms with E-state index in [4.69, 9.17) is 26.8 Å². The van der Waals surface area contributed by atoms with Gasteiger partial charge in [-0.2, -0.15) is 4.68 Å². The monoisotopic (exact) mass is 423 g/mol. The lowest BCUT2D eigenvalue weighted by atomic mass is 10.2. The number of hydrogen-bond donors (Lipinski definition) is 1. The normalized spacial score (nSPS) is 19.6. The summed E-state index contributed by atoms with van der Waals surface area (Å²) in [4.78, 5) is 13.2. The van der Waals surface area contributed by atoms with E-state index in [0.29, 0.717) is 18.0 Å². The van der Waals surface area contributed by atoms with Gasteiger partial charge in [-0.05, 0) is 50.3 Å². The Hall–Kier alpha value is -1.84. The number of ether oxygens (including phenoxy) is 2. The standard InChI is InChI=1S/C19H26N4O3S2/c1-13(2)23-17(14-5-7-15(25-3)8-6-14)20-22(19(23)27)12-21-9-10-28-16(11-21)18(24)26-4/h5-8,13,16H,9-12H2,1-4H3/p+1/t16-/m0/s1. The highest BCUT2D eigenvalue weighted by Crippen LogP contribution is 2.24. The van der Waals surface area contributed by atoms with Crippen molar-refractivity contribution in [2.75, 3.05) is 33.1 Å². The number of thioether (sulfide) groups is 1. The third-order valence-corrected chi connectivity index (χ3v) is 6.43. The molecule has 0 spiro atoms. The van der Waals surface area contributed by atoms with Gasteiger partial charge in [0.1, 0.15) is 12.3 Å². The van der Waals surface area contributed by atoms with Crippen LogP contribution in [0.25, 0.3) is 11.4 Å². The van der Waals surface area contributed by atoms with Crippen molar-refractivity contribution in [3.8, 4) is 17.1 Å². The number of carbonyl (C=O) groups excluding carboxylic acids is 1. The zero-order valence-electron chi connectivity index (χ0n) is 16.7. The molecule has 0 bridgehead atoms. The van der Waals surface area contributed by atoms with E-state index in [-0.39, 0.29) is 17.3 Å². The van der Waals surface area contributed by atoms with E-state index in [1.807, 2.05) is 28.9 Å². The highest BCUT2D eigenvalue weighted by atomic mass is 32.2. The molecule has 1 aliphatic heterocycles. The maximum atomic E-state index is 11.9. The molecule has 2 aromatic rings. The summed E-state index contributed by atoms with van der Waals surface area (Å²) in [7, 11) is 3.10. The molecular weight excluding hydrogens is 396 g/mol. The molecule has 1 fully saturated rings. The maximum absolute atomic E-state index is 11.9. The molecule has 2 atom stereocenters. The number of benzene rings is 1. The summed E-state index contributed by atoms with van der Waals surface area (Å²) in [6.45, 7) is 6.52. The molecule has 1 saturated heterocycles. The van der Waals surface area contributed by atoms with Crippen LogP contribution >= 0.6 is 24.0 Å². The quantitative estimate of drug-likeness (QED) is 0.565. The number of esters is 1. The molecule has 7 nitrogen and oxygen atoms in total. The minimum absolute atomic E-state index is 0.129. The fourth-order valence-corrected chi connectivity index (χ4v) is 5.01. The number of nitrogens with zero attached hydrogens (tertiary/aromatic N) is 3. The van der Waals surface area contributed by atoms with Crippen molar-refractivity contribution in [3.63, 3.8) is 0 Å². The Balaban J connectivity index is 1.87. The van der Waals surface area contributed by atoms with Crippen molar-refractivity contribution in [2.45, 2.75) is 31.8 Å².